The van der Waals surface area contributed by atoms with Gasteiger partial charge in [-0.2, -0.15) is 4.98 Å². The van der Waals surface area contributed by atoms with E-state index in [0.717, 1.165) is 0 Å². The molecule has 0 saturated carbocycles. The molecule has 9 heteroatoms. The van der Waals surface area contributed by atoms with Crippen molar-refractivity contribution in [1.82, 2.24) is 15.0 Å². The predicted octanol–water partition coefficient (Wildman–Crippen LogP) is 3.46. The standard InChI is InChI=1S/C24H26N4O5/c1-16-25-22(27-33-16)15-32-19-9-7-18(8-10-19)24(30)28-13-11-17(12-14-28)23(29)26-20-5-3-4-6-21(20)31-2/h3-10,17H,11-15H2,1-2H3,(H,26,29). The average Bonchev–Trinajstić information content (AvgIpc) is 3.28. The minimum Gasteiger partial charge on any atom is -0.495 e. The van der Waals surface area contributed by atoms with E-state index in [2.05, 4.69) is 15.5 Å². The second-order valence-corrected chi connectivity index (χ2v) is 7.80. The molecular weight excluding hydrogens is 424 g/mol. The molecule has 0 spiro atoms. The molecule has 2 amide bonds. The normalized spacial score (nSPS) is 14.1. The van der Waals surface area contributed by atoms with E-state index in [9.17, 15) is 9.59 Å². The minimum absolute atomic E-state index is 0.0510. The summed E-state index contributed by atoms with van der Waals surface area (Å²) in [6.45, 7) is 2.96. The molecule has 3 aromatic rings. The van der Waals surface area contributed by atoms with E-state index in [4.69, 9.17) is 14.0 Å². The topological polar surface area (TPSA) is 107 Å². The largest absolute Gasteiger partial charge is 0.495 e. The number of aromatic nitrogens is 2. The van der Waals surface area contributed by atoms with Crippen LogP contribution in [0.1, 0.15) is 34.9 Å². The van der Waals surface area contributed by atoms with Crippen LogP contribution in [0.15, 0.2) is 53.1 Å². The zero-order valence-corrected chi connectivity index (χ0v) is 18.6. The van der Waals surface area contributed by atoms with Gasteiger partial charge in [-0.05, 0) is 49.2 Å². The lowest BCUT2D eigenvalue weighted by molar-refractivity contribution is -0.121. The molecule has 1 N–H and O–H groups in total. The molecule has 0 bridgehead atoms. The van der Waals surface area contributed by atoms with Crippen LogP contribution in [-0.4, -0.2) is 47.1 Å². The van der Waals surface area contributed by atoms with Crippen molar-refractivity contribution in [3.05, 3.63) is 65.8 Å². The van der Waals surface area contributed by atoms with Crippen molar-refractivity contribution in [2.24, 2.45) is 5.92 Å². The third kappa shape index (κ3) is 5.49. The van der Waals surface area contributed by atoms with Crippen molar-refractivity contribution in [3.63, 3.8) is 0 Å². The van der Waals surface area contributed by atoms with Gasteiger partial charge in [0, 0.05) is 31.5 Å². The summed E-state index contributed by atoms with van der Waals surface area (Å²) >= 11 is 0. The number of nitrogens with zero attached hydrogens (tertiary/aromatic N) is 3. The molecule has 1 aliphatic rings. The highest BCUT2D eigenvalue weighted by molar-refractivity contribution is 5.96. The Kier molecular flexibility index (Phi) is 6.87. The average molecular weight is 450 g/mol. The molecule has 2 heterocycles. The summed E-state index contributed by atoms with van der Waals surface area (Å²) in [5, 5.41) is 6.72. The summed E-state index contributed by atoms with van der Waals surface area (Å²) < 4.78 is 15.8. The Morgan fingerprint density at radius 1 is 1.12 bits per heavy atom. The first-order chi connectivity index (χ1) is 16.0. The van der Waals surface area contributed by atoms with Crippen molar-refractivity contribution in [2.45, 2.75) is 26.4 Å². The molecular formula is C24H26N4O5. The Balaban J connectivity index is 1.27. The van der Waals surface area contributed by atoms with Crippen LogP contribution in [0.3, 0.4) is 0 Å². The third-order valence-electron chi connectivity index (χ3n) is 5.56. The van der Waals surface area contributed by atoms with E-state index in [0.29, 0.717) is 60.4 Å². The van der Waals surface area contributed by atoms with Crippen LogP contribution in [-0.2, 0) is 11.4 Å². The van der Waals surface area contributed by atoms with Gasteiger partial charge in [0.05, 0.1) is 12.8 Å². The molecule has 0 unspecified atom stereocenters. The number of anilines is 1. The van der Waals surface area contributed by atoms with Crippen LogP contribution < -0.4 is 14.8 Å². The van der Waals surface area contributed by atoms with Gasteiger partial charge in [-0.1, -0.05) is 17.3 Å². The summed E-state index contributed by atoms with van der Waals surface area (Å²) in [5.74, 6) is 1.92. The van der Waals surface area contributed by atoms with Crippen molar-refractivity contribution in [3.8, 4) is 11.5 Å². The molecule has 33 heavy (non-hydrogen) atoms. The summed E-state index contributed by atoms with van der Waals surface area (Å²) in [7, 11) is 1.57. The molecule has 2 aromatic carbocycles. The van der Waals surface area contributed by atoms with Gasteiger partial charge in [0.2, 0.25) is 17.6 Å². The fraction of sp³-hybridized carbons (Fsp3) is 0.333. The molecule has 4 rings (SSSR count). The molecule has 9 nitrogen and oxygen atoms in total. The van der Waals surface area contributed by atoms with E-state index in [-0.39, 0.29) is 24.3 Å². The lowest BCUT2D eigenvalue weighted by Crippen LogP contribution is -2.41. The van der Waals surface area contributed by atoms with E-state index in [1.165, 1.54) is 0 Å². The highest BCUT2D eigenvalue weighted by Gasteiger charge is 2.28. The van der Waals surface area contributed by atoms with E-state index in [1.807, 2.05) is 18.2 Å². The van der Waals surface area contributed by atoms with E-state index in [1.54, 1.807) is 49.3 Å². The van der Waals surface area contributed by atoms with Gasteiger partial charge in [0.1, 0.15) is 11.5 Å². The number of benzene rings is 2. The fourth-order valence-corrected chi connectivity index (χ4v) is 3.75. The highest BCUT2D eigenvalue weighted by Crippen LogP contribution is 2.26. The molecule has 172 valence electrons. The third-order valence-corrected chi connectivity index (χ3v) is 5.56. The zero-order chi connectivity index (χ0) is 23.2. The fourth-order valence-electron chi connectivity index (χ4n) is 3.75. The van der Waals surface area contributed by atoms with Gasteiger partial charge in [-0.3, -0.25) is 9.59 Å². The number of hydrogen-bond acceptors (Lipinski definition) is 7. The number of nitrogens with one attached hydrogen (secondary N) is 1. The Labute approximate surface area is 191 Å². The van der Waals surface area contributed by atoms with Gasteiger partial charge < -0.3 is 24.2 Å². The lowest BCUT2D eigenvalue weighted by atomic mass is 9.95. The number of para-hydroxylation sites is 2. The second-order valence-electron chi connectivity index (χ2n) is 7.80. The maximum atomic E-state index is 12.9. The Bertz CT molecular complexity index is 1100. The van der Waals surface area contributed by atoms with Crippen LogP contribution in [0.2, 0.25) is 0 Å². The molecule has 0 aliphatic carbocycles. The van der Waals surface area contributed by atoms with Crippen molar-refractivity contribution in [2.75, 3.05) is 25.5 Å². The summed E-state index contributed by atoms with van der Waals surface area (Å²) in [6, 6.07) is 14.3. The second kappa shape index (κ2) is 10.2. The number of rotatable bonds is 7. The molecule has 1 aromatic heterocycles. The predicted molar refractivity (Wildman–Crippen MR) is 120 cm³/mol. The summed E-state index contributed by atoms with van der Waals surface area (Å²) in [6.07, 6.45) is 1.22. The minimum atomic E-state index is -0.150. The zero-order valence-electron chi connectivity index (χ0n) is 18.6. The maximum absolute atomic E-state index is 12.9. The first-order valence-corrected chi connectivity index (χ1v) is 10.8. The maximum Gasteiger partial charge on any atom is 0.253 e. The Hall–Kier alpha value is -3.88. The molecule has 1 fully saturated rings. The van der Waals surface area contributed by atoms with Gasteiger partial charge in [0.25, 0.3) is 5.91 Å². The number of piperidine rings is 1. The van der Waals surface area contributed by atoms with Crippen LogP contribution >= 0.6 is 0 Å². The van der Waals surface area contributed by atoms with Gasteiger partial charge in [-0.15, -0.1) is 0 Å². The molecule has 0 radical (unpaired) electrons. The number of hydrogen-bond donors (Lipinski definition) is 1. The molecule has 1 saturated heterocycles. The smallest absolute Gasteiger partial charge is 0.253 e. The number of methoxy groups -OCH3 is 1. The quantitative estimate of drug-likeness (QED) is 0.587. The Morgan fingerprint density at radius 3 is 2.52 bits per heavy atom. The first kappa shape index (κ1) is 22.3. The number of carbonyl (C=O) groups excluding carboxylic acids is 2. The van der Waals surface area contributed by atoms with Crippen LogP contribution in [0, 0.1) is 12.8 Å². The van der Waals surface area contributed by atoms with Gasteiger partial charge in [0.15, 0.2) is 6.61 Å². The van der Waals surface area contributed by atoms with E-state index >= 15 is 0 Å². The number of ether oxygens (including phenoxy) is 2. The highest BCUT2D eigenvalue weighted by atomic mass is 16.5. The van der Waals surface area contributed by atoms with Crippen LogP contribution in [0.4, 0.5) is 5.69 Å². The Morgan fingerprint density at radius 2 is 1.85 bits per heavy atom. The number of likely N-dealkylation sites (tertiary alicyclic amines) is 1. The van der Waals surface area contributed by atoms with Crippen molar-refractivity contribution in [1.29, 1.82) is 0 Å². The number of carbonyl (C=O) groups is 2. The van der Waals surface area contributed by atoms with Crippen molar-refractivity contribution < 1.29 is 23.6 Å². The van der Waals surface area contributed by atoms with Crippen LogP contribution in [0.25, 0.3) is 0 Å². The first-order valence-electron chi connectivity index (χ1n) is 10.8. The monoisotopic (exact) mass is 450 g/mol. The van der Waals surface area contributed by atoms with E-state index < -0.39 is 0 Å². The SMILES string of the molecule is COc1ccccc1NC(=O)C1CCN(C(=O)c2ccc(OCc3noc(C)n3)cc2)CC1. The van der Waals surface area contributed by atoms with Crippen LogP contribution in [0.5, 0.6) is 11.5 Å². The van der Waals surface area contributed by atoms with Crippen molar-refractivity contribution >= 4 is 17.5 Å². The van der Waals surface area contributed by atoms with Gasteiger partial charge >= 0.3 is 0 Å². The lowest BCUT2D eigenvalue weighted by Gasteiger charge is -2.31. The summed E-state index contributed by atoms with van der Waals surface area (Å²) in [4.78, 5) is 31.4. The number of amides is 2. The van der Waals surface area contributed by atoms with Gasteiger partial charge in [-0.25, -0.2) is 0 Å². The number of aryl methyl sites for hydroxylation is 1. The molecule has 1 aliphatic heterocycles. The summed E-state index contributed by atoms with van der Waals surface area (Å²) in [5.41, 5.74) is 1.23. The molecule has 0 atom stereocenters.